The molecule has 0 saturated carbocycles. The number of nitrogens with one attached hydrogen (secondary N) is 2. The van der Waals surface area contributed by atoms with Gasteiger partial charge in [-0.05, 0) is 31.0 Å². The molecule has 0 aromatic heterocycles. The number of amides is 2. The summed E-state index contributed by atoms with van der Waals surface area (Å²) < 4.78 is 12.8. The molecule has 0 spiro atoms. The zero-order chi connectivity index (χ0) is 15.8. The van der Waals surface area contributed by atoms with E-state index < -0.39 is 18.0 Å². The van der Waals surface area contributed by atoms with Gasteiger partial charge in [0.2, 0.25) is 0 Å². The second-order valence-electron chi connectivity index (χ2n) is 4.75. The molecular formula is C14H19FN2O4. The minimum Gasteiger partial charge on any atom is -0.480 e. The van der Waals surface area contributed by atoms with Crippen molar-refractivity contribution in [1.29, 1.82) is 0 Å². The van der Waals surface area contributed by atoms with Gasteiger partial charge >= 0.3 is 12.0 Å². The molecule has 116 valence electrons. The van der Waals surface area contributed by atoms with E-state index in [1.54, 1.807) is 19.1 Å². The lowest BCUT2D eigenvalue weighted by Crippen LogP contribution is -2.49. The van der Waals surface area contributed by atoms with E-state index in [9.17, 15) is 14.0 Å². The van der Waals surface area contributed by atoms with Crippen molar-refractivity contribution < 1.29 is 24.2 Å². The lowest BCUT2D eigenvalue weighted by molar-refractivity contribution is -0.139. The lowest BCUT2D eigenvalue weighted by atomic mass is 10.1. The smallest absolute Gasteiger partial charge is 0.326 e. The van der Waals surface area contributed by atoms with E-state index in [1.165, 1.54) is 12.1 Å². The maximum Gasteiger partial charge on any atom is 0.326 e. The molecule has 0 saturated heterocycles. The molecule has 21 heavy (non-hydrogen) atoms. The van der Waals surface area contributed by atoms with Gasteiger partial charge in [0.1, 0.15) is 11.9 Å². The third kappa shape index (κ3) is 6.22. The molecule has 0 aliphatic carbocycles. The van der Waals surface area contributed by atoms with Crippen LogP contribution in [0, 0.1) is 5.82 Å². The highest BCUT2D eigenvalue weighted by Gasteiger charge is 2.19. The van der Waals surface area contributed by atoms with E-state index in [0.717, 1.165) is 5.56 Å². The van der Waals surface area contributed by atoms with Crippen molar-refractivity contribution in [2.24, 2.45) is 0 Å². The van der Waals surface area contributed by atoms with Crippen LogP contribution in [0.5, 0.6) is 0 Å². The van der Waals surface area contributed by atoms with E-state index in [4.69, 9.17) is 10.2 Å². The monoisotopic (exact) mass is 298 g/mol. The maximum atomic E-state index is 12.8. The number of urea groups is 1. The number of benzene rings is 1. The lowest BCUT2D eigenvalue weighted by Gasteiger charge is -2.18. The topological polar surface area (TPSA) is 98.7 Å². The van der Waals surface area contributed by atoms with Gasteiger partial charge in [-0.3, -0.25) is 0 Å². The molecule has 0 aliphatic heterocycles. The Bertz CT molecular complexity index is 478. The van der Waals surface area contributed by atoms with Gasteiger partial charge in [0, 0.05) is 19.1 Å². The van der Waals surface area contributed by atoms with Gasteiger partial charge in [0.25, 0.3) is 0 Å². The molecule has 0 heterocycles. The fourth-order valence-electron chi connectivity index (χ4n) is 1.84. The molecule has 1 aromatic carbocycles. The van der Waals surface area contributed by atoms with Crippen LogP contribution in [0.4, 0.5) is 9.18 Å². The summed E-state index contributed by atoms with van der Waals surface area (Å²) in [5.41, 5.74) is 0.856. The molecular weight excluding hydrogens is 279 g/mol. The van der Waals surface area contributed by atoms with Crippen molar-refractivity contribution in [3.05, 3.63) is 35.6 Å². The van der Waals surface area contributed by atoms with Crippen molar-refractivity contribution in [3.8, 4) is 0 Å². The molecule has 1 rings (SSSR count). The summed E-state index contributed by atoms with van der Waals surface area (Å²) in [5.74, 6) is -1.53. The minimum atomic E-state index is -1.20. The fourth-order valence-corrected chi connectivity index (χ4v) is 1.84. The number of aliphatic hydroxyl groups excluding tert-OH is 1. The summed E-state index contributed by atoms with van der Waals surface area (Å²) in [7, 11) is 0. The second kappa shape index (κ2) is 8.21. The first-order valence-corrected chi connectivity index (χ1v) is 6.57. The Morgan fingerprint density at radius 2 is 1.86 bits per heavy atom. The zero-order valence-electron chi connectivity index (χ0n) is 11.7. The predicted molar refractivity (Wildman–Crippen MR) is 74.4 cm³/mol. The molecule has 0 bridgehead atoms. The highest BCUT2D eigenvalue weighted by atomic mass is 19.1. The Labute approximate surface area is 122 Å². The number of carboxylic acid groups (broad SMARTS) is 1. The Balaban J connectivity index is 2.46. The minimum absolute atomic E-state index is 0.0604. The maximum absolute atomic E-state index is 12.8. The molecule has 0 radical (unpaired) electrons. The van der Waals surface area contributed by atoms with E-state index >= 15 is 0 Å². The molecule has 1 aromatic rings. The van der Waals surface area contributed by atoms with Crippen LogP contribution < -0.4 is 10.6 Å². The highest BCUT2D eigenvalue weighted by molar-refractivity contribution is 5.82. The average molecular weight is 298 g/mol. The van der Waals surface area contributed by atoms with Crippen LogP contribution in [0.3, 0.4) is 0 Å². The van der Waals surface area contributed by atoms with Crippen molar-refractivity contribution in [1.82, 2.24) is 10.6 Å². The van der Waals surface area contributed by atoms with Gasteiger partial charge in [-0.25, -0.2) is 14.0 Å². The van der Waals surface area contributed by atoms with Gasteiger partial charge in [-0.1, -0.05) is 12.1 Å². The molecule has 2 unspecified atom stereocenters. The standard InChI is InChI=1S/C14H19FN2O4/c1-9(8-10-2-4-11(15)5-3-10)16-14(21)17-12(6-7-18)13(19)20/h2-5,9,12,18H,6-8H2,1H3,(H,19,20)(H2,16,17,21). The van der Waals surface area contributed by atoms with E-state index in [0.29, 0.717) is 6.42 Å². The van der Waals surface area contributed by atoms with Gasteiger partial charge < -0.3 is 20.8 Å². The molecule has 6 nitrogen and oxygen atoms in total. The highest BCUT2D eigenvalue weighted by Crippen LogP contribution is 2.05. The number of carbonyl (C=O) groups excluding carboxylic acids is 1. The van der Waals surface area contributed by atoms with Crippen LogP contribution in [-0.2, 0) is 11.2 Å². The SMILES string of the molecule is CC(Cc1ccc(F)cc1)NC(=O)NC(CCO)C(=O)O. The molecule has 7 heteroatoms. The summed E-state index contributed by atoms with van der Waals surface area (Å²) in [6, 6.07) is 3.92. The average Bonchev–Trinajstić information content (AvgIpc) is 2.40. The number of carboxylic acids is 1. The van der Waals surface area contributed by atoms with Crippen molar-refractivity contribution in [3.63, 3.8) is 0 Å². The molecule has 4 N–H and O–H groups in total. The van der Waals surface area contributed by atoms with E-state index in [2.05, 4.69) is 10.6 Å². The Kier molecular flexibility index (Phi) is 6.61. The molecule has 0 fully saturated rings. The molecule has 0 aliphatic rings. The summed E-state index contributed by atoms with van der Waals surface area (Å²) >= 11 is 0. The van der Waals surface area contributed by atoms with Gasteiger partial charge in [0.15, 0.2) is 0 Å². The normalized spacial score (nSPS) is 13.3. The molecule has 2 atom stereocenters. The van der Waals surface area contributed by atoms with Crippen molar-refractivity contribution >= 4 is 12.0 Å². The van der Waals surface area contributed by atoms with Crippen molar-refractivity contribution in [2.45, 2.75) is 31.8 Å². The second-order valence-corrected chi connectivity index (χ2v) is 4.75. The number of hydrogen-bond acceptors (Lipinski definition) is 3. The van der Waals surface area contributed by atoms with Crippen LogP contribution in [-0.4, -0.2) is 40.9 Å². The largest absolute Gasteiger partial charge is 0.480 e. The summed E-state index contributed by atoms with van der Waals surface area (Å²) in [6.07, 6.45) is 0.431. The predicted octanol–water partition coefficient (Wildman–Crippen LogP) is 0.892. The number of aliphatic hydroxyl groups is 1. The number of hydrogen-bond donors (Lipinski definition) is 4. The van der Waals surface area contributed by atoms with Crippen LogP contribution >= 0.6 is 0 Å². The van der Waals surface area contributed by atoms with Crippen LogP contribution in [0.25, 0.3) is 0 Å². The summed E-state index contributed by atoms with van der Waals surface area (Å²) in [5, 5.41) is 22.5. The van der Waals surface area contributed by atoms with Crippen LogP contribution in [0.15, 0.2) is 24.3 Å². The van der Waals surface area contributed by atoms with Crippen LogP contribution in [0.2, 0.25) is 0 Å². The quantitative estimate of drug-likeness (QED) is 0.601. The van der Waals surface area contributed by atoms with Crippen LogP contribution in [0.1, 0.15) is 18.9 Å². The third-order valence-corrected chi connectivity index (χ3v) is 2.85. The Morgan fingerprint density at radius 1 is 1.24 bits per heavy atom. The summed E-state index contributed by atoms with van der Waals surface area (Å²) in [6.45, 7) is 1.42. The third-order valence-electron chi connectivity index (χ3n) is 2.85. The van der Waals surface area contributed by atoms with Gasteiger partial charge in [-0.2, -0.15) is 0 Å². The van der Waals surface area contributed by atoms with E-state index in [-0.39, 0.29) is 24.9 Å². The number of aliphatic carboxylic acids is 1. The Morgan fingerprint density at radius 3 is 2.38 bits per heavy atom. The zero-order valence-corrected chi connectivity index (χ0v) is 11.7. The first-order chi connectivity index (χ1) is 9.92. The van der Waals surface area contributed by atoms with E-state index in [1.807, 2.05) is 0 Å². The first-order valence-electron chi connectivity index (χ1n) is 6.57. The Hall–Kier alpha value is -2.15. The van der Waals surface area contributed by atoms with Gasteiger partial charge in [-0.15, -0.1) is 0 Å². The number of halogens is 1. The van der Waals surface area contributed by atoms with Gasteiger partial charge in [0.05, 0.1) is 0 Å². The fraction of sp³-hybridized carbons (Fsp3) is 0.429. The molecule has 2 amide bonds. The summed E-state index contributed by atoms with van der Waals surface area (Å²) in [4.78, 5) is 22.5. The number of rotatable bonds is 7. The van der Waals surface area contributed by atoms with Crippen molar-refractivity contribution in [2.75, 3.05) is 6.61 Å². The number of carbonyl (C=O) groups is 2. The first kappa shape index (κ1) is 16.9.